The van der Waals surface area contributed by atoms with Gasteiger partial charge in [-0.05, 0) is 6.92 Å². The summed E-state index contributed by atoms with van der Waals surface area (Å²) in [5.41, 5.74) is 0.0934. The normalized spacial score (nSPS) is 16.4. The van der Waals surface area contributed by atoms with Crippen LogP contribution in [0.4, 0.5) is 15.8 Å². The number of nitrogens with zero attached hydrogens (tertiary/aromatic N) is 5. The molecule has 0 aliphatic carbocycles. The van der Waals surface area contributed by atoms with Gasteiger partial charge in [-0.2, -0.15) is 4.98 Å². The number of rotatable bonds is 6. The predicted octanol–water partition coefficient (Wildman–Crippen LogP) is 2.57. The van der Waals surface area contributed by atoms with Crippen LogP contribution < -0.4 is 9.64 Å². The lowest BCUT2D eigenvalue weighted by molar-refractivity contribution is -0.384. The van der Waals surface area contributed by atoms with Crippen molar-refractivity contribution in [3.8, 4) is 5.75 Å². The van der Waals surface area contributed by atoms with E-state index < -0.39 is 10.7 Å². The minimum absolute atomic E-state index is 0.00986. The van der Waals surface area contributed by atoms with Gasteiger partial charge in [-0.1, -0.05) is 12.1 Å². The Morgan fingerprint density at radius 1 is 1.37 bits per heavy atom. The first-order valence-corrected chi connectivity index (χ1v) is 8.78. The minimum atomic E-state index is -0.747. The fraction of sp³-hybridized carbons (Fsp3) is 0.529. The Balaban J connectivity index is 1.74. The SMILES string of the molecule is CCc1noc(C(C)N2CCN(c3cc(OC)c(F)cc3[N+](=O)[O-])CC2)n1. The maximum Gasteiger partial charge on any atom is 0.295 e. The van der Waals surface area contributed by atoms with E-state index >= 15 is 0 Å². The molecule has 1 aromatic heterocycles. The molecule has 0 radical (unpaired) electrons. The van der Waals surface area contributed by atoms with E-state index in [9.17, 15) is 14.5 Å². The summed E-state index contributed by atoms with van der Waals surface area (Å²) >= 11 is 0. The van der Waals surface area contributed by atoms with Crippen LogP contribution in [0.1, 0.15) is 31.6 Å². The van der Waals surface area contributed by atoms with Crippen molar-refractivity contribution in [1.29, 1.82) is 0 Å². The van der Waals surface area contributed by atoms with Crippen LogP contribution in [-0.2, 0) is 6.42 Å². The topological polar surface area (TPSA) is 97.8 Å². The summed E-state index contributed by atoms with van der Waals surface area (Å²) in [5, 5.41) is 15.3. The van der Waals surface area contributed by atoms with Crippen LogP contribution in [-0.4, -0.2) is 53.3 Å². The fourth-order valence-electron chi connectivity index (χ4n) is 3.18. The molecule has 1 aliphatic rings. The molecule has 146 valence electrons. The van der Waals surface area contributed by atoms with Crippen molar-refractivity contribution in [2.45, 2.75) is 26.3 Å². The van der Waals surface area contributed by atoms with E-state index in [0.717, 1.165) is 6.07 Å². The van der Waals surface area contributed by atoms with E-state index in [4.69, 9.17) is 9.26 Å². The van der Waals surface area contributed by atoms with Gasteiger partial charge in [0, 0.05) is 38.7 Å². The molecule has 2 heterocycles. The summed E-state index contributed by atoms with van der Waals surface area (Å²) in [7, 11) is 1.34. The van der Waals surface area contributed by atoms with Crippen LogP contribution in [0.15, 0.2) is 16.7 Å². The third-order valence-corrected chi connectivity index (χ3v) is 4.81. The van der Waals surface area contributed by atoms with Crippen LogP contribution in [0.5, 0.6) is 5.75 Å². The van der Waals surface area contributed by atoms with Gasteiger partial charge in [0.2, 0.25) is 5.89 Å². The molecule has 0 spiro atoms. The summed E-state index contributed by atoms with van der Waals surface area (Å²) in [5.74, 6) is 0.479. The number of aromatic nitrogens is 2. The number of hydrogen-bond acceptors (Lipinski definition) is 8. The largest absolute Gasteiger partial charge is 0.494 e. The second kappa shape index (κ2) is 7.87. The molecule has 0 amide bonds. The second-order valence-corrected chi connectivity index (χ2v) is 6.33. The Morgan fingerprint density at radius 3 is 2.63 bits per heavy atom. The van der Waals surface area contributed by atoms with E-state index in [2.05, 4.69) is 15.0 Å². The molecule has 1 saturated heterocycles. The van der Waals surface area contributed by atoms with Crippen molar-refractivity contribution in [2.24, 2.45) is 0 Å². The highest BCUT2D eigenvalue weighted by molar-refractivity contribution is 5.66. The Hall–Kier alpha value is -2.75. The molecule has 1 atom stereocenters. The molecule has 2 aromatic rings. The van der Waals surface area contributed by atoms with E-state index in [0.29, 0.717) is 50.0 Å². The number of methoxy groups -OCH3 is 1. The summed E-state index contributed by atoms with van der Waals surface area (Å²) in [4.78, 5) is 19.2. The molecule has 0 N–H and O–H groups in total. The van der Waals surface area contributed by atoms with Gasteiger partial charge in [0.15, 0.2) is 17.4 Å². The van der Waals surface area contributed by atoms with Gasteiger partial charge >= 0.3 is 0 Å². The summed E-state index contributed by atoms with van der Waals surface area (Å²) in [6.07, 6.45) is 0.708. The standard InChI is InChI=1S/C17H22FN5O4/c1-4-16-19-17(27-20-16)11(2)21-5-7-22(8-6-21)13-10-15(26-3)12(18)9-14(13)23(24)25/h9-11H,4-8H2,1-3H3. The number of anilines is 1. The second-order valence-electron chi connectivity index (χ2n) is 6.33. The minimum Gasteiger partial charge on any atom is -0.494 e. The molecule has 9 nitrogen and oxygen atoms in total. The van der Waals surface area contributed by atoms with Gasteiger partial charge < -0.3 is 14.2 Å². The highest BCUT2D eigenvalue weighted by Crippen LogP contribution is 2.35. The number of benzene rings is 1. The van der Waals surface area contributed by atoms with Crippen LogP contribution in [0.3, 0.4) is 0 Å². The maximum absolute atomic E-state index is 13.9. The maximum atomic E-state index is 13.9. The Morgan fingerprint density at radius 2 is 2.07 bits per heavy atom. The number of nitro groups is 1. The molecule has 1 aliphatic heterocycles. The first-order chi connectivity index (χ1) is 12.9. The zero-order valence-electron chi connectivity index (χ0n) is 15.5. The van der Waals surface area contributed by atoms with Gasteiger partial charge in [-0.25, -0.2) is 4.39 Å². The number of piperazine rings is 1. The van der Waals surface area contributed by atoms with Crippen molar-refractivity contribution in [3.63, 3.8) is 0 Å². The summed E-state index contributed by atoms with van der Waals surface area (Å²) in [6, 6.07) is 2.25. The predicted molar refractivity (Wildman–Crippen MR) is 95.5 cm³/mol. The fourth-order valence-corrected chi connectivity index (χ4v) is 3.18. The number of aryl methyl sites for hydroxylation is 1. The summed E-state index contributed by atoms with van der Waals surface area (Å²) < 4.78 is 24.2. The van der Waals surface area contributed by atoms with Crippen molar-refractivity contribution < 1.29 is 18.6 Å². The van der Waals surface area contributed by atoms with Gasteiger partial charge in [-0.15, -0.1) is 0 Å². The summed E-state index contributed by atoms with van der Waals surface area (Å²) in [6.45, 7) is 6.36. The Labute approximate surface area is 155 Å². The van der Waals surface area contributed by atoms with Gasteiger partial charge in [0.1, 0.15) is 5.69 Å². The number of nitro benzene ring substituents is 1. The van der Waals surface area contributed by atoms with Crippen molar-refractivity contribution in [2.75, 3.05) is 38.2 Å². The third kappa shape index (κ3) is 3.85. The van der Waals surface area contributed by atoms with Crippen LogP contribution in [0.2, 0.25) is 0 Å². The Bertz CT molecular complexity index is 820. The number of halogens is 1. The molecule has 0 saturated carbocycles. The van der Waals surface area contributed by atoms with Gasteiger partial charge in [0.05, 0.1) is 24.1 Å². The van der Waals surface area contributed by atoms with Gasteiger partial charge in [-0.3, -0.25) is 15.0 Å². The first kappa shape index (κ1) is 19.0. The number of ether oxygens (including phenoxy) is 1. The first-order valence-electron chi connectivity index (χ1n) is 8.78. The number of hydrogen-bond donors (Lipinski definition) is 0. The zero-order chi connectivity index (χ0) is 19.6. The van der Waals surface area contributed by atoms with Crippen molar-refractivity contribution in [3.05, 3.63) is 39.8 Å². The zero-order valence-corrected chi connectivity index (χ0v) is 15.5. The lowest BCUT2D eigenvalue weighted by Crippen LogP contribution is -2.47. The molecule has 3 rings (SSSR count). The van der Waals surface area contributed by atoms with Crippen LogP contribution in [0.25, 0.3) is 0 Å². The van der Waals surface area contributed by atoms with Crippen LogP contribution >= 0.6 is 0 Å². The molecule has 0 bridgehead atoms. The van der Waals surface area contributed by atoms with E-state index in [1.54, 1.807) is 0 Å². The van der Waals surface area contributed by atoms with Crippen molar-refractivity contribution >= 4 is 11.4 Å². The van der Waals surface area contributed by atoms with E-state index in [-0.39, 0.29) is 17.5 Å². The third-order valence-electron chi connectivity index (χ3n) is 4.81. The smallest absolute Gasteiger partial charge is 0.295 e. The lowest BCUT2D eigenvalue weighted by Gasteiger charge is -2.37. The lowest BCUT2D eigenvalue weighted by atomic mass is 10.1. The van der Waals surface area contributed by atoms with Crippen molar-refractivity contribution in [1.82, 2.24) is 15.0 Å². The molecule has 1 fully saturated rings. The average molecular weight is 379 g/mol. The monoisotopic (exact) mass is 379 g/mol. The van der Waals surface area contributed by atoms with E-state index in [1.165, 1.54) is 13.2 Å². The molecule has 1 unspecified atom stereocenters. The van der Waals surface area contributed by atoms with E-state index in [1.807, 2.05) is 18.7 Å². The van der Waals surface area contributed by atoms with Gasteiger partial charge in [0.25, 0.3) is 5.69 Å². The highest BCUT2D eigenvalue weighted by atomic mass is 19.1. The molecule has 10 heteroatoms. The molecule has 27 heavy (non-hydrogen) atoms. The van der Waals surface area contributed by atoms with Crippen LogP contribution in [0, 0.1) is 15.9 Å². The molecular weight excluding hydrogens is 357 g/mol. The quantitative estimate of drug-likeness (QED) is 0.558. The molecule has 1 aromatic carbocycles. The molecular formula is C17H22FN5O4. The Kier molecular flexibility index (Phi) is 5.54. The highest BCUT2D eigenvalue weighted by Gasteiger charge is 2.29. The average Bonchev–Trinajstić information content (AvgIpc) is 3.16.